The third kappa shape index (κ3) is 3.15. The molecule has 0 fully saturated rings. The van der Waals surface area contributed by atoms with E-state index in [9.17, 15) is 9.59 Å². The van der Waals surface area contributed by atoms with Crippen LogP contribution in [0.4, 0.5) is 5.69 Å². The van der Waals surface area contributed by atoms with Gasteiger partial charge in [-0.15, -0.1) is 23.1 Å². The maximum absolute atomic E-state index is 12.2. The molecule has 0 spiro atoms. The fourth-order valence-electron chi connectivity index (χ4n) is 1.57. The highest BCUT2D eigenvalue weighted by molar-refractivity contribution is 7.98. The van der Waals surface area contributed by atoms with Gasteiger partial charge in [0.05, 0.1) is 16.3 Å². The number of hydrogen-bond donors (Lipinski definition) is 2. The number of carbonyl (C=O) groups excluding carboxylic acids is 1. The molecule has 0 bridgehead atoms. The van der Waals surface area contributed by atoms with Crippen LogP contribution in [0.5, 0.6) is 0 Å². The molecule has 0 saturated heterocycles. The fourth-order valence-corrected chi connectivity index (χ4v) is 2.90. The van der Waals surface area contributed by atoms with Crippen LogP contribution >= 0.6 is 34.7 Å². The van der Waals surface area contributed by atoms with Crippen LogP contribution in [0.3, 0.4) is 0 Å². The molecule has 2 N–H and O–H groups in total. The molecule has 0 unspecified atom stereocenters. The Morgan fingerprint density at radius 1 is 1.35 bits per heavy atom. The zero-order valence-corrected chi connectivity index (χ0v) is 12.7. The van der Waals surface area contributed by atoms with Gasteiger partial charge in [-0.25, -0.2) is 4.79 Å². The molecule has 1 aromatic carbocycles. The first-order valence-corrected chi connectivity index (χ1v) is 7.97. The van der Waals surface area contributed by atoms with Gasteiger partial charge < -0.3 is 10.4 Å². The third-order valence-corrected chi connectivity index (χ3v) is 4.48. The molecule has 2 rings (SSSR count). The molecule has 0 aliphatic rings. The van der Waals surface area contributed by atoms with E-state index in [4.69, 9.17) is 16.7 Å². The zero-order valence-electron chi connectivity index (χ0n) is 10.3. The van der Waals surface area contributed by atoms with Gasteiger partial charge in [-0.2, -0.15) is 0 Å². The summed E-state index contributed by atoms with van der Waals surface area (Å²) in [5.74, 6) is -1.49. The monoisotopic (exact) mass is 327 g/mol. The van der Waals surface area contributed by atoms with Crippen molar-refractivity contribution in [1.82, 2.24) is 0 Å². The van der Waals surface area contributed by atoms with Crippen LogP contribution in [-0.2, 0) is 0 Å². The fraction of sp³-hybridized carbons (Fsp3) is 0.0769. The first-order chi connectivity index (χ1) is 9.52. The largest absolute Gasteiger partial charge is 0.477 e. The number of aromatic carboxylic acids is 1. The summed E-state index contributed by atoms with van der Waals surface area (Å²) in [4.78, 5) is 24.2. The average molecular weight is 328 g/mol. The van der Waals surface area contributed by atoms with E-state index in [1.807, 2.05) is 12.3 Å². The van der Waals surface area contributed by atoms with Crippen molar-refractivity contribution in [3.05, 3.63) is 45.1 Å². The Morgan fingerprint density at radius 3 is 2.75 bits per heavy atom. The molecule has 7 heteroatoms. The van der Waals surface area contributed by atoms with E-state index in [0.717, 1.165) is 16.2 Å². The topological polar surface area (TPSA) is 66.4 Å². The minimum atomic E-state index is -1.07. The maximum atomic E-state index is 12.2. The van der Waals surface area contributed by atoms with Crippen LogP contribution in [0, 0.1) is 0 Å². The molecule has 0 aliphatic carbocycles. The van der Waals surface area contributed by atoms with E-state index in [0.29, 0.717) is 10.6 Å². The summed E-state index contributed by atoms with van der Waals surface area (Å²) >= 11 is 8.56. The summed E-state index contributed by atoms with van der Waals surface area (Å²) in [5.41, 5.74) is 0.596. The summed E-state index contributed by atoms with van der Waals surface area (Å²) in [7, 11) is 0. The van der Waals surface area contributed by atoms with Crippen molar-refractivity contribution in [3.8, 4) is 0 Å². The second-order valence-corrected chi connectivity index (χ2v) is 5.97. The van der Waals surface area contributed by atoms with Gasteiger partial charge in [0.1, 0.15) is 4.88 Å². The van der Waals surface area contributed by atoms with Crippen molar-refractivity contribution in [3.63, 3.8) is 0 Å². The number of carboxylic acid groups (broad SMARTS) is 1. The van der Waals surface area contributed by atoms with Gasteiger partial charge in [0.15, 0.2) is 0 Å². The molecular formula is C13H10ClNO3S2. The van der Waals surface area contributed by atoms with Crippen LogP contribution < -0.4 is 5.32 Å². The van der Waals surface area contributed by atoms with Crippen molar-refractivity contribution >= 4 is 52.3 Å². The first-order valence-electron chi connectivity index (χ1n) is 5.48. The second-order valence-electron chi connectivity index (χ2n) is 3.77. The van der Waals surface area contributed by atoms with Crippen molar-refractivity contribution in [2.24, 2.45) is 0 Å². The Hall–Kier alpha value is -1.50. The van der Waals surface area contributed by atoms with Crippen LogP contribution in [-0.4, -0.2) is 23.2 Å². The lowest BCUT2D eigenvalue weighted by Gasteiger charge is -2.07. The highest BCUT2D eigenvalue weighted by atomic mass is 35.5. The Labute approximate surface area is 128 Å². The number of anilines is 1. The summed E-state index contributed by atoms with van der Waals surface area (Å²) < 4.78 is 0. The van der Waals surface area contributed by atoms with Crippen LogP contribution in [0.15, 0.2) is 34.5 Å². The zero-order chi connectivity index (χ0) is 14.7. The average Bonchev–Trinajstić information content (AvgIpc) is 2.87. The first kappa shape index (κ1) is 14.9. The number of halogens is 1. The van der Waals surface area contributed by atoms with Crippen molar-refractivity contribution in [1.29, 1.82) is 0 Å². The molecule has 1 aromatic heterocycles. The predicted molar refractivity (Wildman–Crippen MR) is 82.5 cm³/mol. The molecule has 1 amide bonds. The Balaban J connectivity index is 2.28. The summed E-state index contributed by atoms with van der Waals surface area (Å²) in [6.07, 6.45) is 1.90. The Morgan fingerprint density at radius 2 is 2.10 bits per heavy atom. The lowest BCUT2D eigenvalue weighted by Crippen LogP contribution is -2.14. The number of benzene rings is 1. The lowest BCUT2D eigenvalue weighted by molar-refractivity contribution is 0.0703. The molecule has 20 heavy (non-hydrogen) atoms. The Kier molecular flexibility index (Phi) is 4.69. The molecule has 0 radical (unpaired) electrons. The highest BCUT2D eigenvalue weighted by Crippen LogP contribution is 2.26. The highest BCUT2D eigenvalue weighted by Gasteiger charge is 2.17. The summed E-state index contributed by atoms with van der Waals surface area (Å²) in [6.45, 7) is 0. The smallest absolute Gasteiger partial charge is 0.348 e. The van der Waals surface area contributed by atoms with Crippen LogP contribution in [0.2, 0.25) is 5.02 Å². The minimum Gasteiger partial charge on any atom is -0.477 e. The second kappa shape index (κ2) is 6.30. The number of nitrogens with one attached hydrogen (secondary N) is 1. The molecule has 2 aromatic rings. The van der Waals surface area contributed by atoms with Crippen molar-refractivity contribution in [2.45, 2.75) is 4.90 Å². The van der Waals surface area contributed by atoms with Gasteiger partial charge in [0, 0.05) is 4.90 Å². The number of carboxylic acids is 1. The molecule has 0 atom stereocenters. The molecule has 1 heterocycles. The van der Waals surface area contributed by atoms with Gasteiger partial charge in [0.25, 0.3) is 5.91 Å². The molecule has 0 saturated carbocycles. The van der Waals surface area contributed by atoms with E-state index in [1.165, 1.54) is 11.8 Å². The van der Waals surface area contributed by atoms with E-state index in [2.05, 4.69) is 5.32 Å². The van der Waals surface area contributed by atoms with E-state index >= 15 is 0 Å². The quantitative estimate of drug-likeness (QED) is 0.831. The molecule has 104 valence electrons. The number of hydrogen-bond acceptors (Lipinski definition) is 4. The summed E-state index contributed by atoms with van der Waals surface area (Å²) in [6, 6.07) is 6.69. The predicted octanol–water partition coefficient (Wildman–Crippen LogP) is 4.07. The number of amides is 1. The normalized spacial score (nSPS) is 10.3. The number of thioether (sulfide) groups is 1. The molecule has 4 nitrogen and oxygen atoms in total. The number of rotatable bonds is 4. The van der Waals surface area contributed by atoms with Crippen molar-refractivity contribution in [2.75, 3.05) is 11.6 Å². The van der Waals surface area contributed by atoms with Crippen molar-refractivity contribution < 1.29 is 14.7 Å². The lowest BCUT2D eigenvalue weighted by atomic mass is 10.2. The van der Waals surface area contributed by atoms with E-state index in [-0.39, 0.29) is 10.6 Å². The van der Waals surface area contributed by atoms with E-state index < -0.39 is 11.9 Å². The van der Waals surface area contributed by atoms with Gasteiger partial charge >= 0.3 is 5.97 Å². The Bertz CT molecular complexity index is 669. The van der Waals surface area contributed by atoms with Crippen LogP contribution in [0.25, 0.3) is 0 Å². The summed E-state index contributed by atoms with van der Waals surface area (Å²) in [5, 5.41) is 13.5. The number of thiophene rings is 1. The van der Waals surface area contributed by atoms with Gasteiger partial charge in [-0.3, -0.25) is 4.79 Å². The van der Waals surface area contributed by atoms with E-state index in [1.54, 1.807) is 23.6 Å². The maximum Gasteiger partial charge on any atom is 0.348 e. The standard InChI is InChI=1S/C13H10ClNO3S2/c1-19-7-2-3-9(14)8(6-7)12(16)15-10-4-5-20-11(10)13(17)18/h2-6H,1H3,(H,15,16)(H,17,18). The molecule has 0 aliphatic heterocycles. The van der Waals surface area contributed by atoms with Gasteiger partial charge in [-0.05, 0) is 35.9 Å². The van der Waals surface area contributed by atoms with Crippen LogP contribution in [0.1, 0.15) is 20.0 Å². The number of carbonyl (C=O) groups is 2. The van der Waals surface area contributed by atoms with Gasteiger partial charge in [0.2, 0.25) is 0 Å². The SMILES string of the molecule is CSc1ccc(Cl)c(C(=O)Nc2ccsc2C(=O)O)c1. The molecular weight excluding hydrogens is 318 g/mol. The van der Waals surface area contributed by atoms with Gasteiger partial charge in [-0.1, -0.05) is 11.6 Å². The third-order valence-electron chi connectivity index (χ3n) is 2.53. The minimum absolute atomic E-state index is 0.0930.